The molecule has 0 bridgehead atoms. The van der Waals surface area contributed by atoms with E-state index >= 15 is 0 Å². The Hall–Kier alpha value is -1.42. The van der Waals surface area contributed by atoms with Crippen molar-refractivity contribution in [3.05, 3.63) is 62.6 Å². The fourth-order valence-corrected chi connectivity index (χ4v) is 2.65. The van der Waals surface area contributed by atoms with E-state index in [0.29, 0.717) is 32.9 Å². The van der Waals surface area contributed by atoms with E-state index in [9.17, 15) is 4.79 Å². The molecular weight excluding hydrogens is 343 g/mol. The Morgan fingerprint density at radius 3 is 2.27 bits per heavy atom. The lowest BCUT2D eigenvalue weighted by atomic mass is 10.1. The molecular formula is C16H15Cl3N2O. The van der Waals surface area contributed by atoms with Crippen molar-refractivity contribution in [1.29, 1.82) is 0 Å². The van der Waals surface area contributed by atoms with Crippen LogP contribution in [0.25, 0.3) is 0 Å². The first-order chi connectivity index (χ1) is 10.4. The molecule has 3 nitrogen and oxygen atoms in total. The highest BCUT2D eigenvalue weighted by Crippen LogP contribution is 2.28. The van der Waals surface area contributed by atoms with Gasteiger partial charge in [-0.2, -0.15) is 0 Å². The van der Waals surface area contributed by atoms with E-state index in [1.54, 1.807) is 50.5 Å². The molecule has 1 N–H and O–H groups in total. The molecule has 0 aliphatic carbocycles. The van der Waals surface area contributed by atoms with Gasteiger partial charge in [0.1, 0.15) is 0 Å². The second kappa shape index (κ2) is 7.23. The number of amides is 1. The molecule has 2 aromatic rings. The molecule has 6 heteroatoms. The summed E-state index contributed by atoms with van der Waals surface area (Å²) in [5.41, 5.74) is 2.00. The number of carbonyl (C=O) groups excluding carboxylic acids is 1. The number of anilines is 1. The number of halogens is 3. The smallest absolute Gasteiger partial charge is 0.253 e. The van der Waals surface area contributed by atoms with Crippen molar-refractivity contribution in [1.82, 2.24) is 4.90 Å². The SMILES string of the molecule is CN(C)C(=O)c1ccc(Cl)c(NCc2c(Cl)cccc2Cl)c1. The van der Waals surface area contributed by atoms with E-state index in [1.165, 1.54) is 4.90 Å². The summed E-state index contributed by atoms with van der Waals surface area (Å²) in [6.07, 6.45) is 0. The van der Waals surface area contributed by atoms with Crippen molar-refractivity contribution in [2.45, 2.75) is 6.54 Å². The van der Waals surface area contributed by atoms with E-state index in [4.69, 9.17) is 34.8 Å². The average molecular weight is 358 g/mol. The monoisotopic (exact) mass is 356 g/mol. The number of hydrogen-bond donors (Lipinski definition) is 1. The molecule has 1 amide bonds. The number of nitrogens with one attached hydrogen (secondary N) is 1. The number of rotatable bonds is 4. The molecule has 0 aromatic heterocycles. The standard InChI is InChI=1S/C16H15Cl3N2O/c1-21(2)16(22)10-6-7-14(19)15(8-10)20-9-11-12(17)4-3-5-13(11)18/h3-8,20H,9H2,1-2H3. The molecule has 116 valence electrons. The van der Waals surface area contributed by atoms with Gasteiger partial charge >= 0.3 is 0 Å². The van der Waals surface area contributed by atoms with Gasteiger partial charge in [0.05, 0.1) is 10.7 Å². The van der Waals surface area contributed by atoms with E-state index in [2.05, 4.69) is 5.32 Å². The molecule has 0 unspecified atom stereocenters. The zero-order valence-electron chi connectivity index (χ0n) is 12.2. The van der Waals surface area contributed by atoms with Crippen LogP contribution < -0.4 is 5.32 Å². The molecule has 0 spiro atoms. The van der Waals surface area contributed by atoms with Crippen LogP contribution in [0.1, 0.15) is 15.9 Å². The fraction of sp³-hybridized carbons (Fsp3) is 0.188. The van der Waals surface area contributed by atoms with Crippen molar-refractivity contribution in [2.75, 3.05) is 19.4 Å². The van der Waals surface area contributed by atoms with Gasteiger partial charge in [0, 0.05) is 41.8 Å². The van der Waals surface area contributed by atoms with Gasteiger partial charge < -0.3 is 10.2 Å². The van der Waals surface area contributed by atoms with Crippen LogP contribution in [0.15, 0.2) is 36.4 Å². The molecule has 2 rings (SSSR count). The van der Waals surface area contributed by atoms with Crippen molar-refractivity contribution < 1.29 is 4.79 Å². The molecule has 0 heterocycles. The maximum Gasteiger partial charge on any atom is 0.253 e. The van der Waals surface area contributed by atoms with Gasteiger partial charge in [0.2, 0.25) is 0 Å². The number of carbonyl (C=O) groups is 1. The Kier molecular flexibility index (Phi) is 5.57. The molecule has 0 atom stereocenters. The molecule has 0 radical (unpaired) electrons. The number of hydrogen-bond acceptors (Lipinski definition) is 2. The third-order valence-electron chi connectivity index (χ3n) is 3.14. The average Bonchev–Trinajstić information content (AvgIpc) is 2.47. The lowest BCUT2D eigenvalue weighted by Gasteiger charge is -2.14. The minimum Gasteiger partial charge on any atom is -0.380 e. The van der Waals surface area contributed by atoms with Crippen LogP contribution in [0.2, 0.25) is 15.1 Å². The lowest BCUT2D eigenvalue weighted by Crippen LogP contribution is -2.21. The Morgan fingerprint density at radius 1 is 1.05 bits per heavy atom. The van der Waals surface area contributed by atoms with E-state index < -0.39 is 0 Å². The summed E-state index contributed by atoms with van der Waals surface area (Å²) in [5.74, 6) is -0.0875. The summed E-state index contributed by atoms with van der Waals surface area (Å²) in [7, 11) is 3.40. The summed E-state index contributed by atoms with van der Waals surface area (Å²) in [4.78, 5) is 13.5. The van der Waals surface area contributed by atoms with E-state index in [-0.39, 0.29) is 5.91 Å². The Morgan fingerprint density at radius 2 is 1.68 bits per heavy atom. The van der Waals surface area contributed by atoms with Crippen molar-refractivity contribution in [2.24, 2.45) is 0 Å². The first kappa shape index (κ1) is 16.9. The highest BCUT2D eigenvalue weighted by atomic mass is 35.5. The van der Waals surface area contributed by atoms with Gasteiger partial charge in [-0.1, -0.05) is 40.9 Å². The predicted octanol–water partition coefficient (Wildman–Crippen LogP) is 4.96. The molecule has 0 fully saturated rings. The van der Waals surface area contributed by atoms with Crippen LogP contribution >= 0.6 is 34.8 Å². The molecule has 22 heavy (non-hydrogen) atoms. The van der Waals surface area contributed by atoms with Crippen LogP contribution in [0.5, 0.6) is 0 Å². The third-order valence-corrected chi connectivity index (χ3v) is 4.17. The van der Waals surface area contributed by atoms with Crippen molar-refractivity contribution >= 4 is 46.4 Å². The van der Waals surface area contributed by atoms with Gasteiger partial charge in [-0.05, 0) is 30.3 Å². The summed E-state index contributed by atoms with van der Waals surface area (Å²) < 4.78 is 0. The van der Waals surface area contributed by atoms with Gasteiger partial charge in [-0.3, -0.25) is 4.79 Å². The lowest BCUT2D eigenvalue weighted by molar-refractivity contribution is 0.0827. The largest absolute Gasteiger partial charge is 0.380 e. The summed E-state index contributed by atoms with van der Waals surface area (Å²) in [6, 6.07) is 10.4. The highest BCUT2D eigenvalue weighted by Gasteiger charge is 2.11. The molecule has 0 saturated heterocycles. The zero-order chi connectivity index (χ0) is 16.3. The van der Waals surface area contributed by atoms with Crippen LogP contribution in [0.4, 0.5) is 5.69 Å². The number of benzene rings is 2. The van der Waals surface area contributed by atoms with Crippen LogP contribution in [-0.4, -0.2) is 24.9 Å². The van der Waals surface area contributed by atoms with E-state index in [0.717, 1.165) is 5.56 Å². The van der Waals surface area contributed by atoms with Crippen LogP contribution in [-0.2, 0) is 6.54 Å². The Balaban J connectivity index is 2.23. The van der Waals surface area contributed by atoms with Crippen LogP contribution in [0.3, 0.4) is 0 Å². The first-order valence-electron chi connectivity index (χ1n) is 6.58. The molecule has 2 aromatic carbocycles. The van der Waals surface area contributed by atoms with Gasteiger partial charge in [-0.15, -0.1) is 0 Å². The van der Waals surface area contributed by atoms with E-state index in [1.807, 2.05) is 0 Å². The third kappa shape index (κ3) is 3.86. The topological polar surface area (TPSA) is 32.3 Å². The Bertz CT molecular complexity index is 682. The Labute approximate surface area is 144 Å². The minimum atomic E-state index is -0.0875. The van der Waals surface area contributed by atoms with Crippen LogP contribution in [0, 0.1) is 0 Å². The molecule has 0 aliphatic heterocycles. The number of nitrogens with zero attached hydrogens (tertiary/aromatic N) is 1. The highest BCUT2D eigenvalue weighted by molar-refractivity contribution is 6.36. The normalized spacial score (nSPS) is 10.4. The van der Waals surface area contributed by atoms with Gasteiger partial charge in [0.25, 0.3) is 5.91 Å². The van der Waals surface area contributed by atoms with Crippen molar-refractivity contribution in [3.8, 4) is 0 Å². The van der Waals surface area contributed by atoms with Gasteiger partial charge in [0.15, 0.2) is 0 Å². The fourth-order valence-electron chi connectivity index (χ4n) is 1.94. The summed E-state index contributed by atoms with van der Waals surface area (Å²) in [6.45, 7) is 0.415. The zero-order valence-corrected chi connectivity index (χ0v) is 14.4. The second-order valence-corrected chi connectivity index (χ2v) is 6.17. The first-order valence-corrected chi connectivity index (χ1v) is 7.71. The molecule has 0 saturated carbocycles. The summed E-state index contributed by atoms with van der Waals surface area (Å²) >= 11 is 18.5. The maximum atomic E-state index is 12.0. The quantitative estimate of drug-likeness (QED) is 0.838. The second-order valence-electron chi connectivity index (χ2n) is 4.95. The predicted molar refractivity (Wildman–Crippen MR) is 93.3 cm³/mol. The minimum absolute atomic E-state index is 0.0875. The molecule has 0 aliphatic rings. The van der Waals surface area contributed by atoms with Crippen molar-refractivity contribution in [3.63, 3.8) is 0 Å². The summed E-state index contributed by atoms with van der Waals surface area (Å²) in [5, 5.41) is 4.86. The maximum absolute atomic E-state index is 12.0. The van der Waals surface area contributed by atoms with Gasteiger partial charge in [-0.25, -0.2) is 0 Å².